The van der Waals surface area contributed by atoms with Crippen LogP contribution in [0.15, 0.2) is 42.6 Å². The third-order valence-corrected chi connectivity index (χ3v) is 4.79. The van der Waals surface area contributed by atoms with Gasteiger partial charge in [-0.2, -0.15) is 0 Å². The molecule has 5 nitrogen and oxygen atoms in total. The lowest BCUT2D eigenvalue weighted by molar-refractivity contribution is -0.138. The molecule has 2 N–H and O–H groups in total. The van der Waals surface area contributed by atoms with E-state index in [0.717, 1.165) is 25.7 Å². The molecule has 1 saturated carbocycles. The predicted octanol–water partition coefficient (Wildman–Crippen LogP) is 3.65. The van der Waals surface area contributed by atoms with Crippen molar-refractivity contribution >= 4 is 11.9 Å². The lowest BCUT2D eigenvalue weighted by Gasteiger charge is -2.28. The molecule has 0 unspecified atom stereocenters. The van der Waals surface area contributed by atoms with Gasteiger partial charge in [0.05, 0.1) is 11.3 Å². The molecule has 26 heavy (non-hydrogen) atoms. The van der Waals surface area contributed by atoms with E-state index in [0.29, 0.717) is 16.8 Å². The zero-order valence-electron chi connectivity index (χ0n) is 14.3. The number of nitrogens with zero attached hydrogens (tertiary/aromatic N) is 1. The molecule has 6 heteroatoms. The first-order valence-electron chi connectivity index (χ1n) is 8.76. The van der Waals surface area contributed by atoms with E-state index < -0.39 is 5.97 Å². The SMILES string of the molecule is O=C(O)C[C@H]1CC[C@@H](NC(=O)c2ccc(-c3cccc(F)c3)nc2)CC1. The second-order valence-electron chi connectivity index (χ2n) is 6.73. The predicted molar refractivity (Wildman–Crippen MR) is 95.1 cm³/mol. The maximum absolute atomic E-state index is 13.3. The van der Waals surface area contributed by atoms with Crippen LogP contribution in [0.1, 0.15) is 42.5 Å². The van der Waals surface area contributed by atoms with E-state index in [4.69, 9.17) is 5.11 Å². The number of hydrogen-bond donors (Lipinski definition) is 2. The van der Waals surface area contributed by atoms with E-state index in [1.54, 1.807) is 24.3 Å². The number of aromatic nitrogens is 1. The second kappa shape index (κ2) is 8.08. The Labute approximate surface area is 151 Å². The molecule has 1 aromatic heterocycles. The van der Waals surface area contributed by atoms with Crippen molar-refractivity contribution in [3.8, 4) is 11.3 Å². The van der Waals surface area contributed by atoms with Crippen molar-refractivity contribution in [2.24, 2.45) is 5.92 Å². The first kappa shape index (κ1) is 18.0. The number of carboxylic acid groups (broad SMARTS) is 1. The number of benzene rings is 1. The van der Waals surface area contributed by atoms with Crippen molar-refractivity contribution in [3.05, 3.63) is 54.0 Å². The monoisotopic (exact) mass is 356 g/mol. The van der Waals surface area contributed by atoms with E-state index in [2.05, 4.69) is 10.3 Å². The summed E-state index contributed by atoms with van der Waals surface area (Å²) in [7, 11) is 0. The smallest absolute Gasteiger partial charge is 0.303 e. The summed E-state index contributed by atoms with van der Waals surface area (Å²) in [4.78, 5) is 27.4. The third-order valence-electron chi connectivity index (χ3n) is 4.79. The molecule has 0 saturated heterocycles. The molecular weight excluding hydrogens is 335 g/mol. The Bertz CT molecular complexity index is 784. The molecule has 136 valence electrons. The molecule has 0 bridgehead atoms. The Hall–Kier alpha value is -2.76. The third kappa shape index (κ3) is 4.65. The molecule has 0 atom stereocenters. The quantitative estimate of drug-likeness (QED) is 0.857. The van der Waals surface area contributed by atoms with Gasteiger partial charge in [0.1, 0.15) is 5.82 Å². The topological polar surface area (TPSA) is 79.3 Å². The van der Waals surface area contributed by atoms with E-state index in [-0.39, 0.29) is 30.1 Å². The Kier molecular flexibility index (Phi) is 5.61. The van der Waals surface area contributed by atoms with Gasteiger partial charge < -0.3 is 10.4 Å². The highest BCUT2D eigenvalue weighted by Crippen LogP contribution is 2.27. The summed E-state index contributed by atoms with van der Waals surface area (Å²) in [6.45, 7) is 0. The van der Waals surface area contributed by atoms with Crippen LogP contribution in [0.5, 0.6) is 0 Å². The van der Waals surface area contributed by atoms with Gasteiger partial charge in [0.25, 0.3) is 5.91 Å². The van der Waals surface area contributed by atoms with E-state index in [9.17, 15) is 14.0 Å². The first-order valence-corrected chi connectivity index (χ1v) is 8.76. The van der Waals surface area contributed by atoms with E-state index in [1.165, 1.54) is 18.3 Å². The zero-order valence-corrected chi connectivity index (χ0v) is 14.3. The number of carbonyl (C=O) groups excluding carboxylic acids is 1. The molecule has 1 aliphatic rings. The van der Waals surface area contributed by atoms with Gasteiger partial charge in [-0.3, -0.25) is 14.6 Å². The van der Waals surface area contributed by atoms with Gasteiger partial charge in [-0.05, 0) is 55.9 Å². The molecular formula is C20H21FN2O3. The van der Waals surface area contributed by atoms with Crippen LogP contribution in [0.2, 0.25) is 0 Å². The fourth-order valence-electron chi connectivity index (χ4n) is 3.37. The largest absolute Gasteiger partial charge is 0.481 e. The highest BCUT2D eigenvalue weighted by atomic mass is 19.1. The summed E-state index contributed by atoms with van der Waals surface area (Å²) in [6, 6.07) is 9.60. The normalized spacial score (nSPS) is 19.7. The van der Waals surface area contributed by atoms with Crippen molar-refractivity contribution in [2.75, 3.05) is 0 Å². The highest BCUT2D eigenvalue weighted by molar-refractivity contribution is 5.94. The summed E-state index contributed by atoms with van der Waals surface area (Å²) in [5, 5.41) is 11.8. The number of aliphatic carboxylic acids is 1. The number of carbonyl (C=O) groups is 2. The molecule has 3 rings (SSSR count). The maximum Gasteiger partial charge on any atom is 0.303 e. The van der Waals surface area contributed by atoms with Gasteiger partial charge in [0.2, 0.25) is 0 Å². The van der Waals surface area contributed by atoms with Crippen molar-refractivity contribution < 1.29 is 19.1 Å². The second-order valence-corrected chi connectivity index (χ2v) is 6.73. The molecule has 1 amide bonds. The van der Waals surface area contributed by atoms with Crippen molar-refractivity contribution in [1.29, 1.82) is 0 Å². The highest BCUT2D eigenvalue weighted by Gasteiger charge is 2.24. The van der Waals surface area contributed by atoms with Crippen LogP contribution in [-0.2, 0) is 4.79 Å². The van der Waals surface area contributed by atoms with Crippen LogP contribution in [-0.4, -0.2) is 28.0 Å². The minimum atomic E-state index is -0.762. The average molecular weight is 356 g/mol. The van der Waals surface area contributed by atoms with Gasteiger partial charge in [0, 0.05) is 24.2 Å². The fraction of sp³-hybridized carbons (Fsp3) is 0.350. The molecule has 1 aliphatic carbocycles. The molecule has 0 spiro atoms. The summed E-state index contributed by atoms with van der Waals surface area (Å²) in [5.41, 5.74) is 1.72. The molecule has 1 aromatic carbocycles. The Morgan fingerprint density at radius 1 is 1.15 bits per heavy atom. The molecule has 1 fully saturated rings. The van der Waals surface area contributed by atoms with Gasteiger partial charge in [0.15, 0.2) is 0 Å². The maximum atomic E-state index is 13.3. The fourth-order valence-corrected chi connectivity index (χ4v) is 3.37. The van der Waals surface area contributed by atoms with Crippen LogP contribution >= 0.6 is 0 Å². The summed E-state index contributed by atoms with van der Waals surface area (Å²) < 4.78 is 13.3. The van der Waals surface area contributed by atoms with Gasteiger partial charge >= 0.3 is 5.97 Å². The Morgan fingerprint density at radius 2 is 1.92 bits per heavy atom. The number of hydrogen-bond acceptors (Lipinski definition) is 3. The minimum absolute atomic E-state index is 0.0652. The summed E-state index contributed by atoms with van der Waals surface area (Å²) in [5.74, 6) is -1.08. The van der Waals surface area contributed by atoms with Crippen LogP contribution in [0, 0.1) is 11.7 Å². The Balaban J connectivity index is 1.56. The van der Waals surface area contributed by atoms with E-state index in [1.807, 2.05) is 0 Å². The van der Waals surface area contributed by atoms with E-state index >= 15 is 0 Å². The number of halogens is 1. The van der Waals surface area contributed by atoms with Crippen LogP contribution in [0.25, 0.3) is 11.3 Å². The standard InChI is InChI=1S/C20H21FN2O3/c21-16-3-1-2-14(11-16)18-9-6-15(12-22-18)20(26)23-17-7-4-13(5-8-17)10-19(24)25/h1-3,6,9,11-13,17H,4-5,7-8,10H2,(H,23,26)(H,24,25)/t13-,17+. The zero-order chi connectivity index (χ0) is 18.5. The molecule has 0 radical (unpaired) electrons. The Morgan fingerprint density at radius 3 is 2.54 bits per heavy atom. The number of pyridine rings is 1. The minimum Gasteiger partial charge on any atom is -0.481 e. The van der Waals surface area contributed by atoms with Gasteiger partial charge in [-0.15, -0.1) is 0 Å². The molecule has 0 aliphatic heterocycles. The van der Waals surface area contributed by atoms with Gasteiger partial charge in [-0.25, -0.2) is 4.39 Å². The number of amides is 1. The average Bonchev–Trinajstić information content (AvgIpc) is 2.63. The van der Waals surface area contributed by atoms with Crippen molar-refractivity contribution in [1.82, 2.24) is 10.3 Å². The van der Waals surface area contributed by atoms with Gasteiger partial charge in [-0.1, -0.05) is 12.1 Å². The molecule has 2 aromatic rings. The van der Waals surface area contributed by atoms with Crippen molar-refractivity contribution in [2.45, 2.75) is 38.1 Å². The van der Waals surface area contributed by atoms with Crippen molar-refractivity contribution in [3.63, 3.8) is 0 Å². The van der Waals surface area contributed by atoms with Crippen LogP contribution < -0.4 is 5.32 Å². The lowest BCUT2D eigenvalue weighted by Crippen LogP contribution is -2.37. The number of rotatable bonds is 5. The van der Waals surface area contributed by atoms with Crippen LogP contribution in [0.3, 0.4) is 0 Å². The summed E-state index contributed by atoms with van der Waals surface area (Å²) in [6.07, 6.45) is 4.90. The summed E-state index contributed by atoms with van der Waals surface area (Å²) >= 11 is 0. The lowest BCUT2D eigenvalue weighted by atomic mass is 9.84. The van der Waals surface area contributed by atoms with Crippen LogP contribution in [0.4, 0.5) is 4.39 Å². The number of carboxylic acids is 1. The number of nitrogens with one attached hydrogen (secondary N) is 1. The molecule has 1 heterocycles. The first-order chi connectivity index (χ1) is 12.5.